The van der Waals surface area contributed by atoms with Crippen LogP contribution in [0.2, 0.25) is 0 Å². The molecule has 7 nitrogen and oxygen atoms in total. The molecule has 0 saturated heterocycles. The van der Waals surface area contributed by atoms with Gasteiger partial charge in [0.1, 0.15) is 40.7 Å². The first-order chi connectivity index (χ1) is 15.0. The zero-order valence-electron chi connectivity index (χ0n) is 16.8. The van der Waals surface area contributed by atoms with Gasteiger partial charge in [0, 0.05) is 0 Å². The van der Waals surface area contributed by atoms with Crippen molar-refractivity contribution in [3.05, 3.63) is 82.4 Å². The minimum atomic E-state index is -0.622. The highest BCUT2D eigenvalue weighted by Gasteiger charge is 2.26. The van der Waals surface area contributed by atoms with Gasteiger partial charge < -0.3 is 10.2 Å². The largest absolute Gasteiger partial charge is 0.458 e. The van der Waals surface area contributed by atoms with Crippen molar-refractivity contribution in [3.8, 4) is 11.1 Å². The van der Waals surface area contributed by atoms with Crippen molar-refractivity contribution in [3.63, 3.8) is 0 Å². The summed E-state index contributed by atoms with van der Waals surface area (Å²) in [6.45, 7) is 3.66. The van der Waals surface area contributed by atoms with Crippen LogP contribution >= 0.6 is 0 Å². The number of nitrogens with two attached hydrogens (primary N) is 1. The molecular formula is C23H18FN5O2. The molecule has 0 bridgehead atoms. The molecule has 0 radical (unpaired) electrons. The highest BCUT2D eigenvalue weighted by molar-refractivity contribution is 5.88. The van der Waals surface area contributed by atoms with Crippen LogP contribution in [0, 0.1) is 12.7 Å². The third-order valence-electron chi connectivity index (χ3n) is 5.40. The monoisotopic (exact) mass is 415 g/mol. The van der Waals surface area contributed by atoms with E-state index in [1.54, 1.807) is 22.9 Å². The number of hydrogen-bond donors (Lipinski definition) is 1. The standard InChI is InChI=1S/C23H18FN5O2/c1-12-17-22(25)26-11-27-23(17)29(28-12)13(2)21-18(14-7-4-3-5-8-14)20(30)19-15(24)9-6-10-16(19)31-21/h3-11,13H,1-2H3,(H2,25,26,27). The summed E-state index contributed by atoms with van der Waals surface area (Å²) in [7, 11) is 0. The van der Waals surface area contributed by atoms with Crippen LogP contribution in [-0.2, 0) is 0 Å². The SMILES string of the molecule is Cc1nn(C(C)c2oc3cccc(F)c3c(=O)c2-c2ccccc2)c2ncnc(N)c12. The topological polar surface area (TPSA) is 99.8 Å². The lowest BCUT2D eigenvalue weighted by Crippen LogP contribution is -2.17. The van der Waals surface area contributed by atoms with Crippen molar-refractivity contribution in [1.29, 1.82) is 0 Å². The Balaban J connectivity index is 1.85. The second kappa shape index (κ2) is 7.02. The summed E-state index contributed by atoms with van der Waals surface area (Å²) in [6.07, 6.45) is 1.37. The first kappa shape index (κ1) is 18.9. The van der Waals surface area contributed by atoms with Crippen LogP contribution in [0.25, 0.3) is 33.1 Å². The van der Waals surface area contributed by atoms with E-state index in [-0.39, 0.29) is 16.5 Å². The molecule has 8 heteroatoms. The predicted octanol–water partition coefficient (Wildman–Crippen LogP) is 4.24. The van der Waals surface area contributed by atoms with Gasteiger partial charge in [0.15, 0.2) is 5.65 Å². The first-order valence-corrected chi connectivity index (χ1v) is 9.73. The third-order valence-corrected chi connectivity index (χ3v) is 5.40. The van der Waals surface area contributed by atoms with Gasteiger partial charge in [-0.2, -0.15) is 5.10 Å². The molecule has 0 aliphatic carbocycles. The third kappa shape index (κ3) is 2.87. The second-order valence-corrected chi connectivity index (χ2v) is 7.31. The van der Waals surface area contributed by atoms with E-state index in [2.05, 4.69) is 15.1 Å². The summed E-state index contributed by atoms with van der Waals surface area (Å²) in [5.74, 6) is 0.0608. The van der Waals surface area contributed by atoms with Crippen LogP contribution in [0.5, 0.6) is 0 Å². The predicted molar refractivity (Wildman–Crippen MR) is 116 cm³/mol. The lowest BCUT2D eigenvalue weighted by molar-refractivity contribution is 0.443. The van der Waals surface area contributed by atoms with E-state index in [1.807, 2.05) is 32.0 Å². The lowest BCUT2D eigenvalue weighted by atomic mass is 9.99. The number of fused-ring (bicyclic) bond motifs is 2. The summed E-state index contributed by atoms with van der Waals surface area (Å²) < 4.78 is 22.3. The zero-order chi connectivity index (χ0) is 21.7. The molecule has 0 aliphatic rings. The van der Waals surface area contributed by atoms with E-state index in [0.29, 0.717) is 33.9 Å². The molecule has 0 saturated carbocycles. The minimum absolute atomic E-state index is 0.0784. The van der Waals surface area contributed by atoms with Crippen LogP contribution in [0.1, 0.15) is 24.4 Å². The fourth-order valence-electron chi connectivity index (χ4n) is 3.94. The van der Waals surface area contributed by atoms with Gasteiger partial charge in [0.2, 0.25) is 5.43 Å². The smallest absolute Gasteiger partial charge is 0.203 e. The number of aryl methyl sites for hydroxylation is 1. The molecule has 0 amide bonds. The molecule has 0 aliphatic heterocycles. The number of hydrogen-bond acceptors (Lipinski definition) is 6. The molecule has 5 aromatic rings. The highest BCUT2D eigenvalue weighted by Crippen LogP contribution is 2.33. The van der Waals surface area contributed by atoms with Crippen molar-refractivity contribution >= 4 is 27.8 Å². The Morgan fingerprint density at radius 2 is 1.84 bits per heavy atom. The van der Waals surface area contributed by atoms with Gasteiger partial charge in [-0.05, 0) is 31.5 Å². The minimum Gasteiger partial charge on any atom is -0.458 e. The van der Waals surface area contributed by atoms with Gasteiger partial charge in [-0.3, -0.25) is 4.79 Å². The van der Waals surface area contributed by atoms with Crippen molar-refractivity contribution in [2.24, 2.45) is 0 Å². The fraction of sp³-hybridized carbons (Fsp3) is 0.130. The number of nitrogens with zero attached hydrogens (tertiary/aromatic N) is 4. The zero-order valence-corrected chi connectivity index (χ0v) is 16.8. The number of benzene rings is 2. The summed E-state index contributed by atoms with van der Waals surface area (Å²) in [6, 6.07) is 12.9. The van der Waals surface area contributed by atoms with Crippen molar-refractivity contribution in [2.45, 2.75) is 19.9 Å². The summed E-state index contributed by atoms with van der Waals surface area (Å²) in [5, 5.41) is 5.15. The van der Waals surface area contributed by atoms with E-state index in [9.17, 15) is 9.18 Å². The molecule has 1 atom stereocenters. The summed E-state index contributed by atoms with van der Waals surface area (Å²) in [4.78, 5) is 21.8. The van der Waals surface area contributed by atoms with Crippen LogP contribution in [0.4, 0.5) is 10.2 Å². The van der Waals surface area contributed by atoms with Gasteiger partial charge >= 0.3 is 0 Å². The molecule has 31 heavy (non-hydrogen) atoms. The summed E-state index contributed by atoms with van der Waals surface area (Å²) in [5.41, 5.74) is 7.87. The number of aromatic nitrogens is 4. The van der Waals surface area contributed by atoms with Gasteiger partial charge in [0.25, 0.3) is 0 Å². The van der Waals surface area contributed by atoms with Crippen molar-refractivity contribution < 1.29 is 8.81 Å². The van der Waals surface area contributed by atoms with Crippen LogP contribution in [0.15, 0.2) is 64.1 Å². The van der Waals surface area contributed by atoms with Crippen molar-refractivity contribution in [1.82, 2.24) is 19.7 Å². The highest BCUT2D eigenvalue weighted by atomic mass is 19.1. The maximum atomic E-state index is 14.5. The molecule has 2 N–H and O–H groups in total. The molecule has 1 unspecified atom stereocenters. The molecule has 0 spiro atoms. The molecule has 3 aromatic heterocycles. The Morgan fingerprint density at radius 1 is 1.06 bits per heavy atom. The van der Waals surface area contributed by atoms with Gasteiger partial charge in [-0.15, -0.1) is 0 Å². The number of nitrogen functional groups attached to an aromatic ring is 1. The molecule has 3 heterocycles. The van der Waals surface area contributed by atoms with E-state index in [4.69, 9.17) is 10.2 Å². The average molecular weight is 415 g/mol. The first-order valence-electron chi connectivity index (χ1n) is 9.73. The quantitative estimate of drug-likeness (QED) is 0.473. The molecule has 5 rings (SSSR count). The van der Waals surface area contributed by atoms with Gasteiger partial charge in [-0.1, -0.05) is 36.4 Å². The molecular weight excluding hydrogens is 397 g/mol. The maximum Gasteiger partial charge on any atom is 0.203 e. The van der Waals surface area contributed by atoms with Gasteiger partial charge in [-0.25, -0.2) is 19.0 Å². The van der Waals surface area contributed by atoms with Gasteiger partial charge in [0.05, 0.1) is 16.6 Å². The Kier molecular flexibility index (Phi) is 4.28. The fourth-order valence-corrected chi connectivity index (χ4v) is 3.94. The van der Waals surface area contributed by atoms with Crippen LogP contribution in [0.3, 0.4) is 0 Å². The summed E-state index contributed by atoms with van der Waals surface area (Å²) >= 11 is 0. The van der Waals surface area contributed by atoms with E-state index < -0.39 is 17.3 Å². The Labute approximate surface area is 176 Å². The molecule has 2 aromatic carbocycles. The number of halogens is 1. The Bertz CT molecular complexity index is 1510. The molecule has 154 valence electrons. The van der Waals surface area contributed by atoms with E-state index in [0.717, 1.165) is 0 Å². The van der Waals surface area contributed by atoms with Crippen LogP contribution in [-0.4, -0.2) is 19.7 Å². The lowest BCUT2D eigenvalue weighted by Gasteiger charge is -2.17. The molecule has 0 fully saturated rings. The number of anilines is 1. The Hall–Kier alpha value is -4.07. The van der Waals surface area contributed by atoms with Crippen LogP contribution < -0.4 is 11.2 Å². The normalized spacial score (nSPS) is 12.5. The van der Waals surface area contributed by atoms with E-state index >= 15 is 0 Å². The second-order valence-electron chi connectivity index (χ2n) is 7.31. The van der Waals surface area contributed by atoms with E-state index in [1.165, 1.54) is 18.5 Å². The Morgan fingerprint density at radius 3 is 2.61 bits per heavy atom. The number of rotatable bonds is 3. The van der Waals surface area contributed by atoms with Crippen molar-refractivity contribution in [2.75, 3.05) is 5.73 Å². The maximum absolute atomic E-state index is 14.5. The average Bonchev–Trinajstić information content (AvgIpc) is 3.11.